The van der Waals surface area contributed by atoms with Gasteiger partial charge in [-0.1, -0.05) is 0 Å². The average molecular weight is 235 g/mol. The Morgan fingerprint density at radius 2 is 2.00 bits per heavy atom. The maximum atomic E-state index is 12.7. The fourth-order valence-corrected chi connectivity index (χ4v) is 1.48. The number of aromatic amines is 1. The lowest BCUT2D eigenvalue weighted by atomic mass is 10.2. The van der Waals surface area contributed by atoms with Crippen LogP contribution in [0.3, 0.4) is 0 Å². The number of aromatic nitrogens is 2. The van der Waals surface area contributed by atoms with Crippen LogP contribution in [-0.2, 0) is 6.54 Å². The Morgan fingerprint density at radius 1 is 1.35 bits per heavy atom. The number of H-pyrrole nitrogens is 1. The molecule has 0 saturated heterocycles. The normalized spacial score (nSPS) is 10.5. The molecule has 5 nitrogen and oxygen atoms in total. The van der Waals surface area contributed by atoms with Crippen LogP contribution in [0.2, 0.25) is 0 Å². The van der Waals surface area contributed by atoms with E-state index in [9.17, 15) is 14.0 Å². The molecule has 1 heterocycles. The van der Waals surface area contributed by atoms with Crippen molar-refractivity contribution in [3.8, 4) is 0 Å². The summed E-state index contributed by atoms with van der Waals surface area (Å²) in [6, 6.07) is 6.29. The fourth-order valence-electron chi connectivity index (χ4n) is 1.48. The van der Waals surface area contributed by atoms with Crippen LogP contribution in [0, 0.1) is 5.82 Å². The molecule has 0 fully saturated rings. The van der Waals surface area contributed by atoms with Crippen molar-refractivity contribution in [1.82, 2.24) is 9.78 Å². The molecule has 0 atom stereocenters. The van der Waals surface area contributed by atoms with E-state index in [0.29, 0.717) is 5.69 Å². The minimum atomic E-state index is -0.451. The molecule has 1 aromatic heterocycles. The first-order valence-corrected chi connectivity index (χ1v) is 4.93. The lowest BCUT2D eigenvalue weighted by molar-refractivity contribution is 0.0941. The number of nitrogens with one attached hydrogen (secondary N) is 1. The van der Waals surface area contributed by atoms with Gasteiger partial charge in [-0.05, 0) is 24.3 Å². The molecule has 1 aromatic carbocycles. The molecule has 2 rings (SSSR count). The minimum Gasteiger partial charge on any atom is -0.325 e. The van der Waals surface area contributed by atoms with Crippen LogP contribution in [0.25, 0.3) is 0 Å². The van der Waals surface area contributed by atoms with Crippen molar-refractivity contribution in [1.29, 1.82) is 0 Å². The largest absolute Gasteiger partial charge is 0.325 e. The van der Waals surface area contributed by atoms with Gasteiger partial charge in [0.15, 0.2) is 0 Å². The Hall–Kier alpha value is -2.21. The molecule has 0 aliphatic carbocycles. The molecule has 0 spiro atoms. The van der Waals surface area contributed by atoms with Gasteiger partial charge in [0.2, 0.25) is 0 Å². The van der Waals surface area contributed by atoms with Gasteiger partial charge in [-0.2, -0.15) is 0 Å². The summed E-state index contributed by atoms with van der Waals surface area (Å²) in [7, 11) is 0. The second kappa shape index (κ2) is 4.34. The molecule has 0 aliphatic heterocycles. The van der Waals surface area contributed by atoms with Crippen molar-refractivity contribution in [2.75, 3.05) is 0 Å². The second-order valence-electron chi connectivity index (χ2n) is 3.46. The Kier molecular flexibility index (Phi) is 2.88. The smallest absolute Gasteiger partial charge is 0.276 e. The number of carbonyl (C=O) groups excluding carboxylic acids is 1. The highest BCUT2D eigenvalue weighted by molar-refractivity contribution is 5.95. The van der Waals surface area contributed by atoms with E-state index in [-0.39, 0.29) is 12.1 Å². The highest BCUT2D eigenvalue weighted by Crippen LogP contribution is 2.06. The van der Waals surface area contributed by atoms with E-state index in [1.54, 1.807) is 0 Å². The van der Waals surface area contributed by atoms with Crippen molar-refractivity contribution in [2.24, 2.45) is 5.73 Å². The summed E-state index contributed by atoms with van der Waals surface area (Å²) < 4.78 is 13.8. The first-order chi connectivity index (χ1) is 8.11. The summed E-state index contributed by atoms with van der Waals surface area (Å²) in [4.78, 5) is 23.1. The minimum absolute atomic E-state index is 0.0612. The molecule has 17 heavy (non-hydrogen) atoms. The predicted octanol–water partition coefficient (Wildman–Crippen LogP) is 0.463. The number of nitrogens with zero attached hydrogens (tertiary/aromatic N) is 1. The third kappa shape index (κ3) is 2.16. The molecule has 0 saturated carbocycles. The molecule has 0 radical (unpaired) electrons. The summed E-state index contributed by atoms with van der Waals surface area (Å²) in [5.74, 6) is -0.880. The van der Waals surface area contributed by atoms with Crippen LogP contribution in [0.4, 0.5) is 4.39 Å². The van der Waals surface area contributed by atoms with E-state index in [2.05, 4.69) is 5.10 Å². The third-order valence-corrected chi connectivity index (χ3v) is 2.31. The monoisotopic (exact) mass is 235 g/mol. The molecular weight excluding hydrogens is 225 g/mol. The highest BCUT2D eigenvalue weighted by Gasteiger charge is 2.13. The summed E-state index contributed by atoms with van der Waals surface area (Å²) in [6.45, 7) is 0.0612. The molecule has 88 valence electrons. The van der Waals surface area contributed by atoms with E-state index in [1.807, 2.05) is 0 Å². The van der Waals surface area contributed by atoms with Gasteiger partial charge in [0, 0.05) is 18.2 Å². The highest BCUT2D eigenvalue weighted by atomic mass is 19.1. The van der Waals surface area contributed by atoms with Crippen molar-refractivity contribution in [3.05, 3.63) is 57.8 Å². The topological polar surface area (TPSA) is 80.9 Å². The molecule has 0 aliphatic rings. The van der Waals surface area contributed by atoms with Crippen LogP contribution in [0.15, 0.2) is 35.1 Å². The lowest BCUT2D eigenvalue weighted by Crippen LogP contribution is -2.19. The maximum Gasteiger partial charge on any atom is 0.276 e. The average Bonchev–Trinajstić information content (AvgIpc) is 2.70. The number of benzene rings is 1. The Labute approximate surface area is 95.7 Å². The quantitative estimate of drug-likeness (QED) is 0.793. The Balaban J connectivity index is 2.43. The van der Waals surface area contributed by atoms with Gasteiger partial charge in [-0.25, -0.2) is 9.07 Å². The van der Waals surface area contributed by atoms with Crippen molar-refractivity contribution in [3.63, 3.8) is 0 Å². The summed E-state index contributed by atoms with van der Waals surface area (Å²) >= 11 is 0. The Morgan fingerprint density at radius 3 is 2.59 bits per heavy atom. The summed E-state index contributed by atoms with van der Waals surface area (Å²) in [5, 5.41) is 2.35. The number of halogens is 1. The molecule has 0 amide bonds. The van der Waals surface area contributed by atoms with Gasteiger partial charge >= 0.3 is 0 Å². The molecule has 0 unspecified atom stereocenters. The second-order valence-corrected chi connectivity index (χ2v) is 3.46. The number of hydrogen-bond acceptors (Lipinski definition) is 3. The van der Waals surface area contributed by atoms with E-state index < -0.39 is 17.3 Å². The zero-order valence-electron chi connectivity index (χ0n) is 8.81. The van der Waals surface area contributed by atoms with E-state index >= 15 is 0 Å². The molecule has 6 heteroatoms. The predicted molar refractivity (Wildman–Crippen MR) is 59.1 cm³/mol. The van der Waals surface area contributed by atoms with E-state index in [1.165, 1.54) is 30.3 Å². The van der Waals surface area contributed by atoms with Gasteiger partial charge in [-0.3, -0.25) is 14.7 Å². The SMILES string of the molecule is NCc1cc(=O)[nH]n1C(=O)c1ccc(F)cc1. The van der Waals surface area contributed by atoms with Crippen LogP contribution in [0.1, 0.15) is 16.1 Å². The van der Waals surface area contributed by atoms with Crippen molar-refractivity contribution < 1.29 is 9.18 Å². The van der Waals surface area contributed by atoms with Gasteiger partial charge in [0.25, 0.3) is 11.5 Å². The van der Waals surface area contributed by atoms with Crippen LogP contribution >= 0.6 is 0 Å². The van der Waals surface area contributed by atoms with E-state index in [0.717, 1.165) is 4.68 Å². The first-order valence-electron chi connectivity index (χ1n) is 4.93. The van der Waals surface area contributed by atoms with Crippen molar-refractivity contribution >= 4 is 5.91 Å². The number of nitrogens with two attached hydrogens (primary N) is 1. The molecule has 0 bridgehead atoms. The molecule has 2 aromatic rings. The number of carbonyl (C=O) groups is 1. The van der Waals surface area contributed by atoms with Crippen molar-refractivity contribution in [2.45, 2.75) is 6.54 Å². The van der Waals surface area contributed by atoms with Gasteiger partial charge in [0.05, 0.1) is 5.69 Å². The van der Waals surface area contributed by atoms with Gasteiger partial charge in [0.1, 0.15) is 5.82 Å². The molecular formula is C11H10FN3O2. The van der Waals surface area contributed by atoms with Crippen LogP contribution in [0.5, 0.6) is 0 Å². The number of hydrogen-bond donors (Lipinski definition) is 2. The van der Waals surface area contributed by atoms with Crippen LogP contribution in [-0.4, -0.2) is 15.7 Å². The summed E-state index contributed by atoms with van der Waals surface area (Å²) in [5.41, 5.74) is 5.66. The summed E-state index contributed by atoms with van der Waals surface area (Å²) in [6.07, 6.45) is 0. The number of rotatable bonds is 2. The van der Waals surface area contributed by atoms with Crippen LogP contribution < -0.4 is 11.3 Å². The first kappa shape index (κ1) is 11.3. The maximum absolute atomic E-state index is 12.7. The lowest BCUT2D eigenvalue weighted by Gasteiger charge is -2.05. The zero-order chi connectivity index (χ0) is 12.4. The fraction of sp³-hybridized carbons (Fsp3) is 0.0909. The van der Waals surface area contributed by atoms with Gasteiger partial charge in [-0.15, -0.1) is 0 Å². The molecule has 3 N–H and O–H groups in total. The zero-order valence-corrected chi connectivity index (χ0v) is 8.81. The van der Waals surface area contributed by atoms with E-state index in [4.69, 9.17) is 5.73 Å². The third-order valence-electron chi connectivity index (χ3n) is 2.31. The standard InChI is InChI=1S/C11H10FN3O2/c12-8-3-1-7(2-4-8)11(17)15-9(6-13)5-10(16)14-15/h1-5H,6,13H2,(H,14,16). The Bertz CT molecular complexity index is 598. The van der Waals surface area contributed by atoms with Gasteiger partial charge < -0.3 is 5.73 Å².